The van der Waals surface area contributed by atoms with Gasteiger partial charge in [-0.2, -0.15) is 0 Å². The fourth-order valence-electron chi connectivity index (χ4n) is 5.44. The van der Waals surface area contributed by atoms with Crippen LogP contribution in [-0.4, -0.2) is 55.2 Å². The Bertz CT molecular complexity index is 1950. The number of carbonyl (C=O) groups excluding carboxylic acids is 2. The van der Waals surface area contributed by atoms with Crippen molar-refractivity contribution in [2.75, 3.05) is 18.8 Å². The molecule has 4 heterocycles. The lowest BCUT2D eigenvalue weighted by molar-refractivity contribution is 0.111. The average Bonchev–Trinajstić information content (AvgIpc) is 3.73. The van der Waals surface area contributed by atoms with Crippen molar-refractivity contribution >= 4 is 29.6 Å². The van der Waals surface area contributed by atoms with Crippen LogP contribution in [0.4, 0.5) is 5.82 Å². The summed E-state index contributed by atoms with van der Waals surface area (Å²) in [6.45, 7) is 3.36. The monoisotopic (exact) mass is 596 g/mol. The van der Waals surface area contributed by atoms with Crippen LogP contribution in [0.2, 0.25) is 0 Å². The molecule has 224 valence electrons. The minimum atomic E-state index is -0.162. The Morgan fingerprint density at radius 2 is 1.60 bits per heavy atom. The smallest absolute Gasteiger partial charge is 0.165 e. The first-order valence-electron chi connectivity index (χ1n) is 14.7. The van der Waals surface area contributed by atoms with Gasteiger partial charge in [-0.25, -0.2) is 15.0 Å². The fraction of sp³-hybridized carbons (Fsp3) is 0.139. The van der Waals surface area contributed by atoms with Crippen LogP contribution in [0.15, 0.2) is 103 Å². The minimum absolute atomic E-state index is 0.162. The highest BCUT2D eigenvalue weighted by Gasteiger charge is 2.19. The van der Waals surface area contributed by atoms with Crippen LogP contribution >= 0.6 is 0 Å². The van der Waals surface area contributed by atoms with E-state index in [1.165, 1.54) is 49.7 Å². The molecule has 9 heteroatoms. The Balaban J connectivity index is 0.000000276. The molecule has 6 aromatic rings. The van der Waals surface area contributed by atoms with Gasteiger partial charge in [0.2, 0.25) is 0 Å². The summed E-state index contributed by atoms with van der Waals surface area (Å²) in [5.74, 6) is 1.03. The third kappa shape index (κ3) is 6.48. The van der Waals surface area contributed by atoms with E-state index in [1.807, 2.05) is 42.5 Å². The number of aldehydes is 2. The van der Waals surface area contributed by atoms with E-state index in [9.17, 15) is 9.59 Å². The Labute approximate surface area is 260 Å². The molecule has 1 aliphatic heterocycles. The normalized spacial score (nSPS) is 12.9. The number of carbonyl (C=O) groups is 2. The summed E-state index contributed by atoms with van der Waals surface area (Å²) >= 11 is 0. The Hall–Kier alpha value is -5.67. The van der Waals surface area contributed by atoms with Crippen LogP contribution in [0.3, 0.4) is 0 Å². The molecule has 0 amide bonds. The van der Waals surface area contributed by atoms with Crippen LogP contribution in [0.25, 0.3) is 39.5 Å². The Morgan fingerprint density at radius 3 is 2.29 bits per heavy atom. The molecule has 1 fully saturated rings. The molecule has 0 unspecified atom stereocenters. The van der Waals surface area contributed by atoms with Crippen molar-refractivity contribution in [1.82, 2.24) is 24.4 Å². The van der Waals surface area contributed by atoms with Gasteiger partial charge in [-0.3, -0.25) is 19.1 Å². The van der Waals surface area contributed by atoms with Crippen molar-refractivity contribution in [3.63, 3.8) is 0 Å². The lowest BCUT2D eigenvalue weighted by Gasteiger charge is -2.15. The zero-order valence-corrected chi connectivity index (χ0v) is 24.6. The van der Waals surface area contributed by atoms with Gasteiger partial charge in [0.1, 0.15) is 23.4 Å². The molecule has 3 aromatic carbocycles. The highest BCUT2D eigenvalue weighted by molar-refractivity contribution is 5.85. The molecule has 0 saturated carbocycles. The van der Waals surface area contributed by atoms with Crippen molar-refractivity contribution in [3.05, 3.63) is 120 Å². The summed E-state index contributed by atoms with van der Waals surface area (Å²) in [5.41, 5.74) is 13.5. The van der Waals surface area contributed by atoms with Gasteiger partial charge in [0, 0.05) is 29.6 Å². The predicted molar refractivity (Wildman–Crippen MR) is 175 cm³/mol. The number of hydrogen-bond donors (Lipinski definition) is 2. The molecule has 0 radical (unpaired) electrons. The molecule has 0 aliphatic carbocycles. The second-order valence-electron chi connectivity index (χ2n) is 10.8. The number of fused-ring (bicyclic) bond motifs is 1. The van der Waals surface area contributed by atoms with Gasteiger partial charge < -0.3 is 10.8 Å². The number of anilines is 1. The lowest BCUT2D eigenvalue weighted by Crippen LogP contribution is -2.18. The number of imidazole rings is 1. The zero-order chi connectivity index (χ0) is 31.2. The van der Waals surface area contributed by atoms with Gasteiger partial charge in [-0.15, -0.1) is 0 Å². The Kier molecular flexibility index (Phi) is 8.70. The van der Waals surface area contributed by atoms with Gasteiger partial charge in [-0.05, 0) is 80.0 Å². The highest BCUT2D eigenvalue weighted by atomic mass is 16.3. The van der Waals surface area contributed by atoms with E-state index in [0.29, 0.717) is 24.0 Å². The van der Waals surface area contributed by atoms with E-state index >= 15 is 0 Å². The second kappa shape index (κ2) is 13.3. The van der Waals surface area contributed by atoms with Crippen molar-refractivity contribution in [2.24, 2.45) is 0 Å². The van der Waals surface area contributed by atoms with Gasteiger partial charge in [0.15, 0.2) is 17.8 Å². The summed E-state index contributed by atoms with van der Waals surface area (Å²) in [6.07, 6.45) is 5.43. The van der Waals surface area contributed by atoms with Crippen LogP contribution < -0.4 is 5.73 Å². The second-order valence-corrected chi connectivity index (χ2v) is 10.8. The first kappa shape index (κ1) is 29.4. The SMILES string of the molecule is Nc1ncccc1-c1nc2ccc(-c3ccccc3)nc2n1-c1ccc(CN2CCCC2)cc1.O=Cc1ccc(C=O)c(O)c1. The van der Waals surface area contributed by atoms with Gasteiger partial charge >= 0.3 is 0 Å². The molecule has 0 bridgehead atoms. The Morgan fingerprint density at radius 1 is 0.822 bits per heavy atom. The molecule has 3 N–H and O–H groups in total. The molecule has 9 nitrogen and oxygen atoms in total. The van der Waals surface area contributed by atoms with Gasteiger partial charge in [-0.1, -0.05) is 48.5 Å². The maximum atomic E-state index is 10.2. The molecule has 7 rings (SSSR count). The quantitative estimate of drug-likeness (QED) is 0.204. The maximum absolute atomic E-state index is 10.2. The summed E-state index contributed by atoms with van der Waals surface area (Å²) in [5, 5.41) is 9.03. The predicted octanol–water partition coefficient (Wildman–Crippen LogP) is 6.34. The minimum Gasteiger partial charge on any atom is -0.507 e. The van der Waals surface area contributed by atoms with E-state index in [1.54, 1.807) is 6.20 Å². The first-order chi connectivity index (χ1) is 22.0. The van der Waals surface area contributed by atoms with Crippen molar-refractivity contribution in [3.8, 4) is 34.1 Å². The van der Waals surface area contributed by atoms with Gasteiger partial charge in [0.25, 0.3) is 0 Å². The molecule has 3 aromatic heterocycles. The lowest BCUT2D eigenvalue weighted by atomic mass is 10.1. The van der Waals surface area contributed by atoms with E-state index in [2.05, 4.69) is 50.8 Å². The third-order valence-corrected chi connectivity index (χ3v) is 7.77. The van der Waals surface area contributed by atoms with Gasteiger partial charge in [0.05, 0.1) is 16.8 Å². The number of nitrogen functional groups attached to an aromatic ring is 1. The standard InChI is InChI=1S/C28H26N6.C8H6O3/c29-26-23(9-6-16-30-26)27-32-25-15-14-24(21-7-2-1-3-8-21)31-28(25)34(27)22-12-10-20(11-13-22)19-33-17-4-5-18-33;9-4-6-1-2-7(5-10)8(11)3-6/h1-3,6-16H,4-5,17-19H2,(H2,29,30);1-5,11H. The number of phenols is 1. The summed E-state index contributed by atoms with van der Waals surface area (Å²) in [7, 11) is 0. The van der Waals surface area contributed by atoms with Crippen LogP contribution in [0.5, 0.6) is 5.75 Å². The highest BCUT2D eigenvalue weighted by Crippen LogP contribution is 2.32. The van der Waals surface area contributed by atoms with Crippen molar-refractivity contribution in [2.45, 2.75) is 19.4 Å². The largest absolute Gasteiger partial charge is 0.507 e. The molecule has 0 atom stereocenters. The summed E-state index contributed by atoms with van der Waals surface area (Å²) in [4.78, 5) is 37.1. The number of hydrogen-bond acceptors (Lipinski definition) is 8. The molecule has 1 aliphatic rings. The van der Waals surface area contributed by atoms with E-state index in [4.69, 9.17) is 20.8 Å². The summed E-state index contributed by atoms with van der Waals surface area (Å²) in [6, 6.07) is 30.9. The van der Waals surface area contributed by atoms with Crippen LogP contribution in [0, 0.1) is 0 Å². The van der Waals surface area contributed by atoms with Crippen molar-refractivity contribution < 1.29 is 14.7 Å². The first-order valence-corrected chi connectivity index (χ1v) is 14.7. The number of aromatic nitrogens is 4. The number of phenolic OH excluding ortho intramolecular Hbond substituents is 1. The third-order valence-electron chi connectivity index (χ3n) is 7.77. The molecule has 0 spiro atoms. The van der Waals surface area contributed by atoms with E-state index in [-0.39, 0.29) is 11.3 Å². The molecular weight excluding hydrogens is 564 g/mol. The average molecular weight is 597 g/mol. The number of aromatic hydroxyl groups is 1. The number of nitrogens with zero attached hydrogens (tertiary/aromatic N) is 5. The number of likely N-dealkylation sites (tertiary alicyclic amines) is 1. The number of pyridine rings is 2. The zero-order valence-electron chi connectivity index (χ0n) is 24.6. The van der Waals surface area contributed by atoms with Crippen LogP contribution in [-0.2, 0) is 6.54 Å². The number of rotatable bonds is 7. The summed E-state index contributed by atoms with van der Waals surface area (Å²) < 4.78 is 2.09. The van der Waals surface area contributed by atoms with E-state index in [0.717, 1.165) is 46.0 Å². The topological polar surface area (TPSA) is 127 Å². The molecular formula is C36H32N6O3. The van der Waals surface area contributed by atoms with Crippen molar-refractivity contribution in [1.29, 1.82) is 0 Å². The van der Waals surface area contributed by atoms with E-state index < -0.39 is 0 Å². The number of benzene rings is 3. The van der Waals surface area contributed by atoms with Crippen LogP contribution in [0.1, 0.15) is 39.1 Å². The fourth-order valence-corrected chi connectivity index (χ4v) is 5.44. The maximum Gasteiger partial charge on any atom is 0.165 e. The number of nitrogens with two attached hydrogens (primary N) is 1. The molecule has 1 saturated heterocycles. The molecule has 45 heavy (non-hydrogen) atoms.